The van der Waals surface area contributed by atoms with Crippen molar-refractivity contribution in [1.29, 1.82) is 0 Å². The highest BCUT2D eigenvalue weighted by Crippen LogP contribution is 2.33. The largest absolute Gasteiger partial charge is 0.454 e. The molecule has 5 heteroatoms. The molecule has 0 aromatic heterocycles. The molecule has 24 heavy (non-hydrogen) atoms. The van der Waals surface area contributed by atoms with Gasteiger partial charge in [-0.2, -0.15) is 0 Å². The van der Waals surface area contributed by atoms with E-state index in [0.29, 0.717) is 24.2 Å². The zero-order valence-electron chi connectivity index (χ0n) is 12.9. The van der Waals surface area contributed by atoms with E-state index in [1.54, 1.807) is 0 Å². The summed E-state index contributed by atoms with van der Waals surface area (Å²) in [6.45, 7) is 0.234. The van der Waals surface area contributed by atoms with Crippen LogP contribution in [-0.4, -0.2) is 18.5 Å². The maximum absolute atomic E-state index is 12.2. The van der Waals surface area contributed by atoms with Gasteiger partial charge in [-0.05, 0) is 36.3 Å². The lowest BCUT2D eigenvalue weighted by atomic mass is 10.0. The Morgan fingerprint density at radius 1 is 1.12 bits per heavy atom. The second kappa shape index (κ2) is 5.85. The molecule has 0 saturated heterocycles. The molecule has 0 radical (unpaired) electrons. The van der Waals surface area contributed by atoms with E-state index in [1.165, 1.54) is 6.08 Å². The number of benzene rings is 2. The third-order valence-corrected chi connectivity index (χ3v) is 4.11. The fourth-order valence-electron chi connectivity index (χ4n) is 2.88. The van der Waals surface area contributed by atoms with E-state index in [0.717, 1.165) is 22.6 Å². The number of allylic oxidation sites excluding steroid dienone is 1. The number of anilines is 1. The Labute approximate surface area is 138 Å². The average Bonchev–Trinajstić information content (AvgIpc) is 3.17. The first-order valence-electron chi connectivity index (χ1n) is 7.74. The quantitative estimate of drug-likeness (QED) is 0.879. The molecule has 0 spiro atoms. The van der Waals surface area contributed by atoms with E-state index < -0.39 is 0 Å². The smallest absolute Gasteiger partial charge is 0.256 e. The number of hydrogen-bond acceptors (Lipinski definition) is 4. The number of fused-ring (bicyclic) bond motifs is 2. The van der Waals surface area contributed by atoms with Gasteiger partial charge in [-0.25, -0.2) is 0 Å². The molecule has 120 valence electrons. The van der Waals surface area contributed by atoms with Gasteiger partial charge in [0.25, 0.3) is 5.91 Å². The van der Waals surface area contributed by atoms with Crippen molar-refractivity contribution in [3.05, 3.63) is 59.7 Å². The Morgan fingerprint density at radius 2 is 1.96 bits per heavy atom. The monoisotopic (exact) mass is 321 g/mol. The van der Waals surface area contributed by atoms with Crippen molar-refractivity contribution >= 4 is 23.0 Å². The molecule has 4 rings (SSSR count). The first-order chi connectivity index (χ1) is 11.7. The average molecular weight is 321 g/mol. The topological polar surface area (TPSA) is 64.6 Å². The number of nitrogens with one attached hydrogen (secondary N) is 1. The fourth-order valence-corrected chi connectivity index (χ4v) is 2.88. The number of carbonyl (C=O) groups excluding carboxylic acids is 2. The zero-order valence-corrected chi connectivity index (χ0v) is 12.9. The predicted molar refractivity (Wildman–Crippen MR) is 88.9 cm³/mol. The summed E-state index contributed by atoms with van der Waals surface area (Å²) in [5.41, 5.74) is 2.96. The molecule has 5 nitrogen and oxygen atoms in total. The molecule has 1 amide bonds. The summed E-state index contributed by atoms with van der Waals surface area (Å²) >= 11 is 0. The Bertz CT molecular complexity index is 869. The summed E-state index contributed by atoms with van der Waals surface area (Å²) in [4.78, 5) is 24.3. The summed E-state index contributed by atoms with van der Waals surface area (Å²) < 4.78 is 10.6. The highest BCUT2D eigenvalue weighted by atomic mass is 16.7. The number of amides is 1. The maximum Gasteiger partial charge on any atom is 0.256 e. The number of ketones is 1. The van der Waals surface area contributed by atoms with Crippen LogP contribution in [0.25, 0.3) is 5.57 Å². The van der Waals surface area contributed by atoms with Crippen LogP contribution in [0.4, 0.5) is 5.69 Å². The fraction of sp³-hybridized carbons (Fsp3) is 0.158. The second-order valence-corrected chi connectivity index (χ2v) is 5.71. The maximum atomic E-state index is 12.2. The van der Waals surface area contributed by atoms with E-state index in [9.17, 15) is 9.59 Å². The molecule has 0 unspecified atom stereocenters. The first-order valence-corrected chi connectivity index (χ1v) is 7.74. The molecule has 0 aliphatic carbocycles. The molecule has 2 aliphatic heterocycles. The third-order valence-electron chi connectivity index (χ3n) is 4.11. The minimum atomic E-state index is -0.229. The lowest BCUT2D eigenvalue weighted by Crippen LogP contribution is -2.06. The third kappa shape index (κ3) is 2.65. The summed E-state index contributed by atoms with van der Waals surface area (Å²) in [7, 11) is 0. The first kappa shape index (κ1) is 14.5. The number of rotatable bonds is 4. The minimum absolute atomic E-state index is 0.0745. The highest BCUT2D eigenvalue weighted by molar-refractivity contribution is 6.34. The predicted octanol–water partition coefficient (Wildman–Crippen LogP) is 2.95. The highest BCUT2D eigenvalue weighted by Gasteiger charge is 2.24. The SMILES string of the molecule is O=C(/C=C1/C(=O)Nc2ccccc21)CCc1ccc2c(c1)OCO2. The Hall–Kier alpha value is -3.08. The van der Waals surface area contributed by atoms with Gasteiger partial charge in [0.15, 0.2) is 17.3 Å². The van der Waals surface area contributed by atoms with Crippen molar-refractivity contribution in [3.8, 4) is 11.5 Å². The number of ether oxygens (including phenoxy) is 2. The summed E-state index contributed by atoms with van der Waals surface area (Å²) in [6, 6.07) is 13.0. The Kier molecular flexibility index (Phi) is 3.54. The summed E-state index contributed by atoms with van der Waals surface area (Å²) in [5, 5.41) is 2.76. The second-order valence-electron chi connectivity index (χ2n) is 5.71. The van der Waals surface area contributed by atoms with Crippen LogP contribution >= 0.6 is 0 Å². The molecule has 0 bridgehead atoms. The van der Waals surface area contributed by atoms with Crippen molar-refractivity contribution in [2.24, 2.45) is 0 Å². The van der Waals surface area contributed by atoms with Gasteiger partial charge in [0.05, 0.1) is 5.57 Å². The molecule has 2 heterocycles. The van der Waals surface area contributed by atoms with Gasteiger partial charge >= 0.3 is 0 Å². The molecular weight excluding hydrogens is 306 g/mol. The van der Waals surface area contributed by atoms with Crippen molar-refractivity contribution in [3.63, 3.8) is 0 Å². The summed E-state index contributed by atoms with van der Waals surface area (Å²) in [6.07, 6.45) is 2.36. The van der Waals surface area contributed by atoms with Crippen molar-refractivity contribution in [2.45, 2.75) is 12.8 Å². The van der Waals surface area contributed by atoms with Crippen LogP contribution in [-0.2, 0) is 16.0 Å². The summed E-state index contributed by atoms with van der Waals surface area (Å²) in [5.74, 6) is 1.14. The van der Waals surface area contributed by atoms with E-state index >= 15 is 0 Å². The van der Waals surface area contributed by atoms with Crippen LogP contribution in [0.5, 0.6) is 11.5 Å². The van der Waals surface area contributed by atoms with E-state index in [1.807, 2.05) is 42.5 Å². The van der Waals surface area contributed by atoms with Gasteiger partial charge in [0.1, 0.15) is 0 Å². The lowest BCUT2D eigenvalue weighted by molar-refractivity contribution is -0.115. The van der Waals surface area contributed by atoms with Gasteiger partial charge < -0.3 is 14.8 Å². The van der Waals surface area contributed by atoms with Gasteiger partial charge in [0.2, 0.25) is 6.79 Å². The van der Waals surface area contributed by atoms with Crippen LogP contribution in [0.1, 0.15) is 17.5 Å². The van der Waals surface area contributed by atoms with Crippen LogP contribution in [0.2, 0.25) is 0 Å². The van der Waals surface area contributed by atoms with Crippen LogP contribution in [0.15, 0.2) is 48.5 Å². The van der Waals surface area contributed by atoms with Crippen LogP contribution in [0.3, 0.4) is 0 Å². The molecule has 2 aromatic carbocycles. The number of hydrogen-bond donors (Lipinski definition) is 1. The number of aryl methyl sites for hydroxylation is 1. The lowest BCUT2D eigenvalue weighted by Gasteiger charge is -2.02. The number of carbonyl (C=O) groups is 2. The molecule has 0 atom stereocenters. The normalized spacial score (nSPS) is 16.2. The molecule has 0 fully saturated rings. The van der Waals surface area contributed by atoms with E-state index in [4.69, 9.17) is 9.47 Å². The molecule has 2 aliphatic rings. The van der Waals surface area contributed by atoms with Gasteiger partial charge in [-0.15, -0.1) is 0 Å². The molecule has 1 N–H and O–H groups in total. The minimum Gasteiger partial charge on any atom is -0.454 e. The van der Waals surface area contributed by atoms with Gasteiger partial charge in [-0.1, -0.05) is 24.3 Å². The molecule has 2 aromatic rings. The van der Waals surface area contributed by atoms with Crippen molar-refractivity contribution in [1.82, 2.24) is 0 Å². The van der Waals surface area contributed by atoms with Crippen LogP contribution in [0, 0.1) is 0 Å². The van der Waals surface area contributed by atoms with Crippen molar-refractivity contribution < 1.29 is 19.1 Å². The van der Waals surface area contributed by atoms with Crippen molar-refractivity contribution in [2.75, 3.05) is 12.1 Å². The number of para-hydroxylation sites is 1. The Morgan fingerprint density at radius 3 is 2.88 bits per heavy atom. The van der Waals surface area contributed by atoms with Gasteiger partial charge in [-0.3, -0.25) is 9.59 Å². The standard InChI is InChI=1S/C19H15NO4/c21-13(7-5-12-6-8-17-18(9-12)24-11-23-17)10-15-14-3-1-2-4-16(14)20-19(15)22/h1-4,6,8-10H,5,7,11H2,(H,20,22)/b15-10+. The molecule has 0 saturated carbocycles. The van der Waals surface area contributed by atoms with E-state index in [-0.39, 0.29) is 18.5 Å². The van der Waals surface area contributed by atoms with Gasteiger partial charge in [0, 0.05) is 17.7 Å². The van der Waals surface area contributed by atoms with Crippen LogP contribution < -0.4 is 14.8 Å². The molecular formula is C19H15NO4. The van der Waals surface area contributed by atoms with E-state index in [2.05, 4.69) is 5.32 Å². The zero-order chi connectivity index (χ0) is 16.5. The Balaban J connectivity index is 1.46.